The number of ether oxygens (including phenoxy) is 2. The normalized spacial score (nSPS) is 19.7. The van der Waals surface area contributed by atoms with Crippen molar-refractivity contribution in [3.8, 4) is 17.2 Å². The van der Waals surface area contributed by atoms with Crippen molar-refractivity contribution in [1.29, 1.82) is 0 Å². The first kappa shape index (κ1) is 19.2. The molecule has 0 spiro atoms. The fraction of sp³-hybridized carbons (Fsp3) is 0.409. The Morgan fingerprint density at radius 3 is 2.56 bits per heavy atom. The minimum absolute atomic E-state index is 0.0176. The molecule has 144 valence electrons. The summed E-state index contributed by atoms with van der Waals surface area (Å²) in [4.78, 5) is 4.92. The quantitative estimate of drug-likeness (QED) is 0.798. The Morgan fingerprint density at radius 1 is 1.19 bits per heavy atom. The maximum absolute atomic E-state index is 10.7. The summed E-state index contributed by atoms with van der Waals surface area (Å²) in [5.41, 5.74) is 2.95. The molecule has 0 aromatic heterocycles. The van der Waals surface area contributed by atoms with E-state index in [9.17, 15) is 5.11 Å². The molecule has 2 aromatic carbocycles. The predicted molar refractivity (Wildman–Crippen MR) is 108 cm³/mol. The third kappa shape index (κ3) is 4.25. The number of aliphatic imine (C=N–C) groups is 1. The second kappa shape index (κ2) is 8.44. The van der Waals surface area contributed by atoms with E-state index in [0.717, 1.165) is 22.6 Å². The first-order valence-electron chi connectivity index (χ1n) is 9.45. The highest BCUT2D eigenvalue weighted by Crippen LogP contribution is 2.37. The largest absolute Gasteiger partial charge is 0.504 e. The lowest BCUT2D eigenvalue weighted by molar-refractivity contribution is 0.309. The van der Waals surface area contributed by atoms with Gasteiger partial charge >= 0.3 is 0 Å². The highest BCUT2D eigenvalue weighted by Gasteiger charge is 2.29. The number of benzene rings is 2. The van der Waals surface area contributed by atoms with Gasteiger partial charge < -0.3 is 14.6 Å². The van der Waals surface area contributed by atoms with E-state index in [1.165, 1.54) is 0 Å². The van der Waals surface area contributed by atoms with E-state index in [1.54, 1.807) is 13.2 Å². The first-order valence-corrected chi connectivity index (χ1v) is 9.45. The third-order valence-corrected chi connectivity index (χ3v) is 4.82. The maximum Gasteiger partial charge on any atom is 0.162 e. The topological polar surface area (TPSA) is 63.1 Å². The monoisotopic (exact) mass is 368 g/mol. The van der Waals surface area contributed by atoms with Crippen LogP contribution in [0, 0.1) is 5.92 Å². The van der Waals surface area contributed by atoms with Crippen LogP contribution < -0.4 is 14.8 Å². The number of phenolic OH excluding ortho intramolecular Hbond substituents is 1. The van der Waals surface area contributed by atoms with Crippen molar-refractivity contribution in [2.24, 2.45) is 10.9 Å². The number of methoxy groups -OCH3 is 1. The van der Waals surface area contributed by atoms with Gasteiger partial charge in [0.05, 0.1) is 13.7 Å². The van der Waals surface area contributed by atoms with Crippen molar-refractivity contribution < 1.29 is 14.6 Å². The molecule has 0 aliphatic carbocycles. The average molecular weight is 368 g/mol. The number of nitrogens with one attached hydrogen (secondary N) is 1. The van der Waals surface area contributed by atoms with Crippen molar-refractivity contribution in [2.75, 3.05) is 13.7 Å². The minimum atomic E-state index is -0.0348. The lowest BCUT2D eigenvalue weighted by Gasteiger charge is -2.32. The molecular weight excluding hydrogens is 340 g/mol. The van der Waals surface area contributed by atoms with Crippen LogP contribution in [0.1, 0.15) is 44.4 Å². The number of nitrogens with zero attached hydrogens (tertiary/aromatic N) is 1. The predicted octanol–water partition coefficient (Wildman–Crippen LogP) is 4.31. The molecule has 0 bridgehead atoms. The second-order valence-electron chi connectivity index (χ2n) is 7.04. The molecule has 3 rings (SSSR count). The highest BCUT2D eigenvalue weighted by atomic mass is 16.5. The molecule has 2 N–H and O–H groups in total. The molecule has 1 aliphatic rings. The Hall–Kier alpha value is -2.53. The molecule has 2 atom stereocenters. The van der Waals surface area contributed by atoms with Gasteiger partial charge in [0.1, 0.15) is 11.9 Å². The van der Waals surface area contributed by atoms with E-state index in [4.69, 9.17) is 14.5 Å². The summed E-state index contributed by atoms with van der Waals surface area (Å²) in [7, 11) is 1.66. The molecule has 5 heteroatoms. The summed E-state index contributed by atoms with van der Waals surface area (Å²) in [6.07, 6.45) is 0.676. The van der Waals surface area contributed by atoms with Crippen LogP contribution in [-0.2, 0) is 0 Å². The standard InChI is InChI=1S/C22H28N2O3/c1-5-27-20-8-6-7-17(21(20)25)19-13-18(23-22(24-19)14(2)3)15-9-11-16(26-4)12-10-15/h6-12,14,19,22,24-25H,5,13H2,1-4H3/t19-,22-/m1/s1. The van der Waals surface area contributed by atoms with Crippen molar-refractivity contribution in [1.82, 2.24) is 5.32 Å². The zero-order chi connectivity index (χ0) is 19.4. The maximum atomic E-state index is 10.7. The molecule has 1 aliphatic heterocycles. The number of phenols is 1. The van der Waals surface area contributed by atoms with Gasteiger partial charge in [-0.2, -0.15) is 0 Å². The average Bonchev–Trinajstić information content (AvgIpc) is 2.69. The number of hydrogen-bond donors (Lipinski definition) is 2. The van der Waals surface area contributed by atoms with Gasteiger partial charge in [-0.3, -0.25) is 10.3 Å². The van der Waals surface area contributed by atoms with Crippen LogP contribution in [0.4, 0.5) is 0 Å². The molecule has 0 saturated heterocycles. The van der Waals surface area contributed by atoms with Gasteiger partial charge in [0.15, 0.2) is 11.5 Å². The highest BCUT2D eigenvalue weighted by molar-refractivity contribution is 6.01. The number of aromatic hydroxyl groups is 1. The van der Waals surface area contributed by atoms with Crippen LogP contribution >= 0.6 is 0 Å². The van der Waals surface area contributed by atoms with Gasteiger partial charge in [0.25, 0.3) is 0 Å². The summed E-state index contributed by atoms with van der Waals surface area (Å²) >= 11 is 0. The SMILES string of the molecule is CCOc1cccc([C@H]2CC(c3ccc(OC)cc3)=N[C@@H](C(C)C)N2)c1O. The summed E-state index contributed by atoms with van der Waals surface area (Å²) in [5, 5.41) is 14.3. The smallest absolute Gasteiger partial charge is 0.162 e. The molecule has 27 heavy (non-hydrogen) atoms. The van der Waals surface area contributed by atoms with E-state index < -0.39 is 0 Å². The van der Waals surface area contributed by atoms with E-state index >= 15 is 0 Å². The molecule has 1 heterocycles. The van der Waals surface area contributed by atoms with Crippen LogP contribution in [0.3, 0.4) is 0 Å². The second-order valence-corrected chi connectivity index (χ2v) is 7.04. The van der Waals surface area contributed by atoms with E-state index in [0.29, 0.717) is 24.7 Å². The Kier molecular flexibility index (Phi) is 6.01. The fourth-order valence-corrected chi connectivity index (χ4v) is 3.33. The van der Waals surface area contributed by atoms with Crippen LogP contribution in [0.5, 0.6) is 17.2 Å². The van der Waals surface area contributed by atoms with Crippen LogP contribution in [0.25, 0.3) is 0 Å². The van der Waals surface area contributed by atoms with Gasteiger partial charge in [-0.25, -0.2) is 0 Å². The number of hydrogen-bond acceptors (Lipinski definition) is 5. The van der Waals surface area contributed by atoms with Crippen molar-refractivity contribution in [3.05, 3.63) is 53.6 Å². The number of rotatable bonds is 6. The molecule has 2 aromatic rings. The molecular formula is C22H28N2O3. The zero-order valence-electron chi connectivity index (χ0n) is 16.4. The van der Waals surface area contributed by atoms with Crippen LogP contribution in [0.2, 0.25) is 0 Å². The van der Waals surface area contributed by atoms with Gasteiger partial charge in [0.2, 0.25) is 0 Å². The number of para-hydroxylation sites is 1. The summed E-state index contributed by atoms with van der Waals surface area (Å²) in [6, 6.07) is 13.6. The Bertz CT molecular complexity index is 800. The molecule has 0 amide bonds. The van der Waals surface area contributed by atoms with Gasteiger partial charge in [0, 0.05) is 23.7 Å². The summed E-state index contributed by atoms with van der Waals surface area (Å²) in [6.45, 7) is 6.72. The molecule has 5 nitrogen and oxygen atoms in total. The minimum Gasteiger partial charge on any atom is -0.504 e. The van der Waals surface area contributed by atoms with Crippen molar-refractivity contribution in [3.63, 3.8) is 0 Å². The van der Waals surface area contributed by atoms with Crippen LogP contribution in [-0.4, -0.2) is 30.7 Å². The molecule has 0 saturated carbocycles. The van der Waals surface area contributed by atoms with Crippen molar-refractivity contribution >= 4 is 5.71 Å². The molecule has 0 unspecified atom stereocenters. The lowest BCUT2D eigenvalue weighted by atomic mass is 9.92. The molecule has 0 fully saturated rings. The van der Waals surface area contributed by atoms with Gasteiger partial charge in [-0.05, 0) is 48.7 Å². The fourth-order valence-electron chi connectivity index (χ4n) is 3.33. The zero-order valence-corrected chi connectivity index (χ0v) is 16.4. The van der Waals surface area contributed by atoms with Crippen LogP contribution in [0.15, 0.2) is 47.5 Å². The third-order valence-electron chi connectivity index (χ3n) is 4.82. The van der Waals surface area contributed by atoms with Crippen molar-refractivity contribution in [2.45, 2.75) is 39.4 Å². The molecule has 0 radical (unpaired) electrons. The van der Waals surface area contributed by atoms with E-state index in [2.05, 4.69) is 19.2 Å². The Balaban J connectivity index is 1.94. The first-order chi connectivity index (χ1) is 13.0. The van der Waals surface area contributed by atoms with E-state index in [-0.39, 0.29) is 18.0 Å². The summed E-state index contributed by atoms with van der Waals surface area (Å²) in [5.74, 6) is 1.88. The van der Waals surface area contributed by atoms with E-state index in [1.807, 2.05) is 43.3 Å². The lowest BCUT2D eigenvalue weighted by Crippen LogP contribution is -2.41. The van der Waals surface area contributed by atoms with Gasteiger partial charge in [-0.1, -0.05) is 26.0 Å². The van der Waals surface area contributed by atoms with Gasteiger partial charge in [-0.15, -0.1) is 0 Å². The Morgan fingerprint density at radius 2 is 1.93 bits per heavy atom. The summed E-state index contributed by atoms with van der Waals surface area (Å²) < 4.78 is 10.8. The Labute approximate surface area is 161 Å².